The van der Waals surface area contributed by atoms with E-state index >= 15 is 0 Å². The zero-order valence-electron chi connectivity index (χ0n) is 12.2. The summed E-state index contributed by atoms with van der Waals surface area (Å²) < 4.78 is 1.62. The van der Waals surface area contributed by atoms with Gasteiger partial charge in [-0.3, -0.25) is 14.6 Å². The van der Waals surface area contributed by atoms with E-state index in [9.17, 15) is 14.7 Å². The molecule has 22 heavy (non-hydrogen) atoms. The van der Waals surface area contributed by atoms with Crippen LogP contribution in [0.3, 0.4) is 0 Å². The largest absolute Gasteiger partial charge is 0.477 e. The zero-order valence-corrected chi connectivity index (χ0v) is 12.2. The summed E-state index contributed by atoms with van der Waals surface area (Å²) in [4.78, 5) is 23.2. The van der Waals surface area contributed by atoms with Crippen molar-refractivity contribution < 1.29 is 9.90 Å². The summed E-state index contributed by atoms with van der Waals surface area (Å²) in [5.74, 6) is -0.980. The smallest absolute Gasteiger partial charge is 0.354 e. The van der Waals surface area contributed by atoms with E-state index in [0.29, 0.717) is 24.9 Å². The number of aromatic amines is 1. The van der Waals surface area contributed by atoms with Gasteiger partial charge in [0.1, 0.15) is 0 Å². The quantitative estimate of drug-likeness (QED) is 0.684. The molecule has 0 saturated heterocycles. The van der Waals surface area contributed by atoms with E-state index in [4.69, 9.17) is 5.73 Å². The van der Waals surface area contributed by atoms with Crippen LogP contribution in [0.5, 0.6) is 0 Å². The Morgan fingerprint density at radius 1 is 1.36 bits per heavy atom. The van der Waals surface area contributed by atoms with Crippen LogP contribution in [0, 0.1) is 6.92 Å². The fraction of sp³-hybridized carbons (Fsp3) is 0.250. The van der Waals surface area contributed by atoms with Gasteiger partial charge >= 0.3 is 5.97 Å². The van der Waals surface area contributed by atoms with Crippen LogP contribution in [-0.4, -0.2) is 27.4 Å². The number of rotatable bonds is 4. The lowest BCUT2D eigenvalue weighted by Gasteiger charge is -2.04. The van der Waals surface area contributed by atoms with Gasteiger partial charge < -0.3 is 10.8 Å². The molecule has 1 aromatic heterocycles. The molecule has 3 aromatic rings. The Morgan fingerprint density at radius 3 is 2.82 bits per heavy atom. The first-order chi connectivity index (χ1) is 10.5. The van der Waals surface area contributed by atoms with Crippen molar-refractivity contribution in [2.75, 3.05) is 6.54 Å². The molecule has 0 unspecified atom stereocenters. The second-order valence-electron chi connectivity index (χ2n) is 5.39. The minimum absolute atomic E-state index is 0.0627. The van der Waals surface area contributed by atoms with Crippen LogP contribution in [0.4, 0.5) is 0 Å². The highest BCUT2D eigenvalue weighted by Gasteiger charge is 2.19. The first-order valence-corrected chi connectivity index (χ1v) is 7.12. The number of aryl methyl sites for hydroxylation is 2. The van der Waals surface area contributed by atoms with Crippen molar-refractivity contribution in [3.05, 3.63) is 45.7 Å². The first-order valence-electron chi connectivity index (χ1n) is 7.12. The molecule has 0 radical (unpaired) electrons. The van der Waals surface area contributed by atoms with Gasteiger partial charge in [0.2, 0.25) is 0 Å². The standard InChI is InChI=1S/C16H17N3O3/c1-9-7-10-8-11(20)3-4-12(10)14-13(9)15(16(21)22)19(18-14)6-2-5-17/h3-4,7-8,18H,2,5-6,17H2,1H3,(H,21,22). The van der Waals surface area contributed by atoms with Gasteiger partial charge in [0, 0.05) is 17.3 Å². The van der Waals surface area contributed by atoms with E-state index < -0.39 is 5.97 Å². The minimum Gasteiger partial charge on any atom is -0.477 e. The molecule has 0 saturated carbocycles. The summed E-state index contributed by atoms with van der Waals surface area (Å²) in [5.41, 5.74) is 7.26. The predicted molar refractivity (Wildman–Crippen MR) is 85.4 cm³/mol. The molecule has 0 aliphatic carbocycles. The number of H-pyrrole nitrogens is 1. The Morgan fingerprint density at radius 2 is 2.14 bits per heavy atom. The average molecular weight is 299 g/mol. The van der Waals surface area contributed by atoms with Crippen LogP contribution >= 0.6 is 0 Å². The van der Waals surface area contributed by atoms with Gasteiger partial charge in [0.05, 0.1) is 5.52 Å². The molecule has 0 amide bonds. The molecule has 1 heterocycles. The highest BCUT2D eigenvalue weighted by molar-refractivity contribution is 6.13. The number of nitrogens with one attached hydrogen (secondary N) is 1. The Balaban J connectivity index is 2.41. The highest BCUT2D eigenvalue weighted by atomic mass is 16.4. The molecule has 2 aromatic carbocycles. The van der Waals surface area contributed by atoms with Gasteiger partial charge in [-0.2, -0.15) is 0 Å². The molecule has 3 rings (SSSR count). The maximum absolute atomic E-state index is 11.7. The number of aromatic carboxylic acids is 1. The molecule has 0 fully saturated rings. The monoisotopic (exact) mass is 299 g/mol. The molecule has 6 heteroatoms. The number of nitrogens with two attached hydrogens (primary N) is 1. The number of carboxylic acid groups (broad SMARTS) is 1. The van der Waals surface area contributed by atoms with Crippen LogP contribution in [0.2, 0.25) is 0 Å². The molecular formula is C16H17N3O3. The van der Waals surface area contributed by atoms with E-state index in [1.165, 1.54) is 6.07 Å². The van der Waals surface area contributed by atoms with Crippen LogP contribution in [0.1, 0.15) is 22.5 Å². The van der Waals surface area contributed by atoms with Crippen molar-refractivity contribution in [3.63, 3.8) is 0 Å². The average Bonchev–Trinajstić information content (AvgIpc) is 2.85. The molecule has 4 N–H and O–H groups in total. The van der Waals surface area contributed by atoms with Crippen LogP contribution < -0.4 is 11.2 Å². The number of hydrogen-bond donors (Lipinski definition) is 3. The number of nitrogens with zero attached hydrogens (tertiary/aromatic N) is 1. The van der Waals surface area contributed by atoms with Gasteiger partial charge in [-0.05, 0) is 49.0 Å². The third kappa shape index (κ3) is 2.17. The predicted octanol–water partition coefficient (Wildman–Crippen LogP) is 1.84. The number of carboxylic acids is 1. The second kappa shape index (κ2) is 5.31. The maximum atomic E-state index is 11.7. The molecule has 114 valence electrons. The third-order valence-corrected chi connectivity index (χ3v) is 3.85. The lowest BCUT2D eigenvalue weighted by molar-refractivity contribution is 0.0685. The van der Waals surface area contributed by atoms with E-state index in [2.05, 4.69) is 5.10 Å². The van der Waals surface area contributed by atoms with E-state index in [-0.39, 0.29) is 11.1 Å². The third-order valence-electron chi connectivity index (χ3n) is 3.85. The lowest BCUT2D eigenvalue weighted by atomic mass is 10.0. The summed E-state index contributed by atoms with van der Waals surface area (Å²) in [6.45, 7) is 2.85. The van der Waals surface area contributed by atoms with Crippen molar-refractivity contribution in [1.82, 2.24) is 9.78 Å². The summed E-state index contributed by atoms with van der Waals surface area (Å²) in [6.07, 6.45) is 0.680. The maximum Gasteiger partial charge on any atom is 0.354 e. The molecule has 0 bridgehead atoms. The molecular weight excluding hydrogens is 282 g/mol. The summed E-state index contributed by atoms with van der Waals surface area (Å²) in [6, 6.07) is 6.64. The van der Waals surface area contributed by atoms with Gasteiger partial charge in [-0.25, -0.2) is 4.79 Å². The number of hydrogen-bond acceptors (Lipinski definition) is 3. The minimum atomic E-state index is -0.980. The summed E-state index contributed by atoms with van der Waals surface area (Å²) in [7, 11) is 0. The van der Waals surface area contributed by atoms with Crippen LogP contribution in [0.25, 0.3) is 21.7 Å². The van der Waals surface area contributed by atoms with Crippen LogP contribution in [0.15, 0.2) is 29.1 Å². The molecule has 0 spiro atoms. The van der Waals surface area contributed by atoms with E-state index in [1.807, 2.05) is 13.0 Å². The Labute approximate surface area is 126 Å². The van der Waals surface area contributed by atoms with Crippen LogP contribution in [-0.2, 0) is 6.54 Å². The van der Waals surface area contributed by atoms with Crippen molar-refractivity contribution in [3.8, 4) is 0 Å². The summed E-state index contributed by atoms with van der Waals surface area (Å²) in [5, 5.41) is 15.1. The van der Waals surface area contributed by atoms with Gasteiger partial charge in [-0.15, -0.1) is 0 Å². The number of benzene rings is 2. The molecule has 0 aliphatic rings. The van der Waals surface area contributed by atoms with Crippen molar-refractivity contribution in [1.29, 1.82) is 0 Å². The Kier molecular flexibility index (Phi) is 3.46. The van der Waals surface area contributed by atoms with E-state index in [1.54, 1.807) is 16.8 Å². The Bertz CT molecular complexity index is 937. The van der Waals surface area contributed by atoms with Crippen molar-refractivity contribution >= 4 is 27.6 Å². The number of carbonyl (C=O) groups is 1. The van der Waals surface area contributed by atoms with Gasteiger partial charge in [0.15, 0.2) is 11.1 Å². The van der Waals surface area contributed by atoms with Crippen molar-refractivity contribution in [2.24, 2.45) is 5.73 Å². The van der Waals surface area contributed by atoms with Crippen molar-refractivity contribution in [2.45, 2.75) is 19.9 Å². The summed E-state index contributed by atoms with van der Waals surface area (Å²) >= 11 is 0. The Hall–Kier alpha value is -2.60. The van der Waals surface area contributed by atoms with Gasteiger partial charge in [0.25, 0.3) is 0 Å². The topological polar surface area (TPSA) is 101 Å². The first kappa shape index (κ1) is 14.3. The van der Waals surface area contributed by atoms with Gasteiger partial charge in [-0.1, -0.05) is 6.07 Å². The lowest BCUT2D eigenvalue weighted by Crippen LogP contribution is -2.13. The SMILES string of the molecule is Cc1cc2cc(=O)ccc2c2[nH]n(CCCN)c(C(=O)O)c12. The number of aromatic nitrogens is 2. The van der Waals surface area contributed by atoms with E-state index in [0.717, 1.165) is 21.9 Å². The number of fused-ring (bicyclic) bond motifs is 3. The second-order valence-corrected chi connectivity index (χ2v) is 5.39. The molecule has 0 aliphatic heterocycles. The highest BCUT2D eigenvalue weighted by Crippen LogP contribution is 2.30. The normalized spacial score (nSPS) is 11.4. The zero-order chi connectivity index (χ0) is 15.9. The molecule has 6 nitrogen and oxygen atoms in total. The molecule has 0 atom stereocenters. The fourth-order valence-corrected chi connectivity index (χ4v) is 2.91. The fourth-order valence-electron chi connectivity index (χ4n) is 2.91.